The number of carbonyl (C=O) groups excluding carboxylic acids is 1. The molecule has 0 atom stereocenters. The molecule has 6 nitrogen and oxygen atoms in total. The summed E-state index contributed by atoms with van der Waals surface area (Å²) in [6.45, 7) is 3.36. The molecule has 0 unspecified atom stereocenters. The van der Waals surface area contributed by atoms with E-state index in [-0.39, 0.29) is 18.4 Å². The number of hydrogen-bond donors (Lipinski definition) is 1. The van der Waals surface area contributed by atoms with Crippen LogP contribution in [0.3, 0.4) is 0 Å². The molecular formula is C23H29ClN4O2. The van der Waals surface area contributed by atoms with E-state index in [9.17, 15) is 4.79 Å². The Balaban J connectivity index is 1.19. The lowest BCUT2D eigenvalue weighted by Gasteiger charge is -2.34. The molecule has 2 heterocycles. The third-order valence-electron chi connectivity index (χ3n) is 6.74. The molecule has 1 aliphatic carbocycles. The van der Waals surface area contributed by atoms with Gasteiger partial charge in [-0.25, -0.2) is 0 Å². The Morgan fingerprint density at radius 2 is 2.00 bits per heavy atom. The maximum absolute atomic E-state index is 11.6. The smallest absolute Gasteiger partial charge is 0.234 e. The van der Waals surface area contributed by atoms with Gasteiger partial charge in [0.1, 0.15) is 6.42 Å². The van der Waals surface area contributed by atoms with Crippen LogP contribution in [0.1, 0.15) is 63.0 Å². The van der Waals surface area contributed by atoms with E-state index in [1.54, 1.807) is 0 Å². The number of hydrogen-bond acceptors (Lipinski definition) is 5. The minimum absolute atomic E-state index is 0.0340. The maximum atomic E-state index is 11.6. The van der Waals surface area contributed by atoms with Gasteiger partial charge in [-0.15, -0.1) is 0 Å². The van der Waals surface area contributed by atoms with Crippen LogP contribution in [0.25, 0.3) is 11.0 Å². The molecule has 2 aromatic rings. The first-order valence-corrected chi connectivity index (χ1v) is 11.4. The Morgan fingerprint density at radius 1 is 1.23 bits per heavy atom. The highest BCUT2D eigenvalue weighted by molar-refractivity contribution is 6.31. The molecule has 2 aliphatic rings. The molecule has 1 N–H and O–H groups in total. The zero-order valence-electron chi connectivity index (χ0n) is 17.3. The van der Waals surface area contributed by atoms with E-state index >= 15 is 0 Å². The van der Waals surface area contributed by atoms with Gasteiger partial charge in [0.05, 0.1) is 11.8 Å². The summed E-state index contributed by atoms with van der Waals surface area (Å²) in [5, 5.41) is 17.7. The summed E-state index contributed by atoms with van der Waals surface area (Å²) in [5.41, 5.74) is 1.86. The highest BCUT2D eigenvalue weighted by Crippen LogP contribution is 2.34. The van der Waals surface area contributed by atoms with E-state index in [1.165, 1.54) is 19.3 Å². The Bertz CT molecular complexity index is 906. The van der Waals surface area contributed by atoms with Gasteiger partial charge in [0.2, 0.25) is 5.91 Å². The zero-order chi connectivity index (χ0) is 20.9. The number of piperidine rings is 1. The van der Waals surface area contributed by atoms with Crippen molar-refractivity contribution < 1.29 is 9.32 Å². The first-order valence-electron chi connectivity index (χ1n) is 11.1. The van der Waals surface area contributed by atoms with Crippen molar-refractivity contribution in [2.24, 2.45) is 5.92 Å². The number of halogens is 1. The molecule has 0 bridgehead atoms. The van der Waals surface area contributed by atoms with Crippen molar-refractivity contribution in [2.75, 3.05) is 19.6 Å². The maximum Gasteiger partial charge on any atom is 0.234 e. The number of amides is 1. The van der Waals surface area contributed by atoms with Crippen LogP contribution in [0, 0.1) is 17.2 Å². The second kappa shape index (κ2) is 9.80. The number of likely N-dealkylation sites (tertiary alicyclic amines) is 1. The van der Waals surface area contributed by atoms with E-state index in [0.717, 1.165) is 67.9 Å². The fourth-order valence-electron chi connectivity index (χ4n) is 4.97. The lowest BCUT2D eigenvalue weighted by atomic mass is 9.83. The van der Waals surface area contributed by atoms with E-state index in [4.69, 9.17) is 21.4 Å². The van der Waals surface area contributed by atoms with Crippen molar-refractivity contribution in [2.45, 2.75) is 63.3 Å². The number of nitrogens with zero attached hydrogens (tertiary/aromatic N) is 3. The van der Waals surface area contributed by atoms with Crippen LogP contribution >= 0.6 is 11.6 Å². The average molecular weight is 429 g/mol. The summed E-state index contributed by atoms with van der Waals surface area (Å²) in [7, 11) is 0. The Hall–Kier alpha value is -2.10. The van der Waals surface area contributed by atoms with Gasteiger partial charge in [-0.05, 0) is 82.6 Å². The van der Waals surface area contributed by atoms with Gasteiger partial charge >= 0.3 is 0 Å². The molecule has 160 valence electrons. The van der Waals surface area contributed by atoms with Crippen molar-refractivity contribution in [3.63, 3.8) is 0 Å². The topological polar surface area (TPSA) is 82.2 Å². The van der Waals surface area contributed by atoms with Crippen LogP contribution < -0.4 is 5.32 Å². The Kier molecular flexibility index (Phi) is 6.91. The largest absolute Gasteiger partial charge is 0.356 e. The Morgan fingerprint density at radius 3 is 2.73 bits per heavy atom. The first kappa shape index (κ1) is 21.1. The van der Waals surface area contributed by atoms with Crippen molar-refractivity contribution in [3.8, 4) is 6.07 Å². The molecule has 7 heteroatoms. The van der Waals surface area contributed by atoms with Gasteiger partial charge < -0.3 is 14.7 Å². The highest BCUT2D eigenvalue weighted by atomic mass is 35.5. The summed E-state index contributed by atoms with van der Waals surface area (Å²) in [6, 6.07) is 7.94. The van der Waals surface area contributed by atoms with Crippen molar-refractivity contribution in [1.82, 2.24) is 15.4 Å². The minimum Gasteiger partial charge on any atom is -0.356 e. The molecule has 1 saturated carbocycles. The molecule has 0 radical (unpaired) electrons. The molecule has 2 fully saturated rings. The van der Waals surface area contributed by atoms with Gasteiger partial charge in [0, 0.05) is 28.4 Å². The molecule has 1 aromatic carbocycles. The summed E-state index contributed by atoms with van der Waals surface area (Å²) in [6.07, 6.45) is 7.83. The minimum atomic E-state index is -0.133. The molecule has 1 amide bonds. The number of carbonyl (C=O) groups is 1. The van der Waals surface area contributed by atoms with Crippen LogP contribution in [-0.4, -0.2) is 41.6 Å². The number of nitrogens with one attached hydrogen (secondary N) is 1. The van der Waals surface area contributed by atoms with Crippen LogP contribution in [0.2, 0.25) is 5.02 Å². The third kappa shape index (κ3) is 5.14. The SMILES string of the molecule is N#CCC(=O)N[C@H]1CC[C@H](CCN2CCC(c3noc4cc(Cl)ccc34)CC2)CC1. The summed E-state index contributed by atoms with van der Waals surface area (Å²) >= 11 is 6.05. The molecular weight excluding hydrogens is 400 g/mol. The summed E-state index contributed by atoms with van der Waals surface area (Å²) in [4.78, 5) is 14.1. The van der Waals surface area contributed by atoms with E-state index in [2.05, 4.69) is 15.4 Å². The summed E-state index contributed by atoms with van der Waals surface area (Å²) < 4.78 is 5.49. The monoisotopic (exact) mass is 428 g/mol. The third-order valence-corrected chi connectivity index (χ3v) is 6.98. The molecule has 0 spiro atoms. The number of benzene rings is 1. The van der Waals surface area contributed by atoms with Crippen molar-refractivity contribution in [3.05, 3.63) is 28.9 Å². The Labute approximate surface area is 182 Å². The van der Waals surface area contributed by atoms with Crippen LogP contribution in [0.15, 0.2) is 22.7 Å². The van der Waals surface area contributed by atoms with Crippen LogP contribution in [-0.2, 0) is 4.79 Å². The van der Waals surface area contributed by atoms with Crippen LogP contribution in [0.5, 0.6) is 0 Å². The molecule has 1 saturated heterocycles. The number of nitriles is 1. The predicted molar refractivity (Wildman–Crippen MR) is 116 cm³/mol. The van der Waals surface area contributed by atoms with Gasteiger partial charge in [-0.3, -0.25) is 4.79 Å². The lowest BCUT2D eigenvalue weighted by Crippen LogP contribution is -2.38. The second-order valence-corrected chi connectivity index (χ2v) is 9.17. The van der Waals surface area contributed by atoms with E-state index < -0.39 is 0 Å². The molecule has 4 rings (SSSR count). The lowest BCUT2D eigenvalue weighted by molar-refractivity contribution is -0.121. The number of rotatable bonds is 6. The normalized spacial score (nSPS) is 23.3. The fourth-order valence-corrected chi connectivity index (χ4v) is 5.13. The fraction of sp³-hybridized carbons (Fsp3) is 0.609. The standard InChI is InChI=1S/C23H29ClN4O2/c24-18-3-6-20-21(15-18)30-27-23(20)17-9-13-28(14-10-17)12-8-16-1-4-19(5-2-16)26-22(29)7-11-25/h3,6,15-17,19H,1-2,4-5,7-10,12-14H2,(H,26,29)/t16-,19-. The quantitative estimate of drug-likeness (QED) is 0.724. The average Bonchev–Trinajstić information content (AvgIpc) is 3.17. The van der Waals surface area contributed by atoms with Crippen molar-refractivity contribution in [1.29, 1.82) is 5.26 Å². The van der Waals surface area contributed by atoms with Gasteiger partial charge in [0.25, 0.3) is 0 Å². The van der Waals surface area contributed by atoms with Crippen molar-refractivity contribution >= 4 is 28.5 Å². The first-order chi connectivity index (χ1) is 14.6. The van der Waals surface area contributed by atoms with Crippen LogP contribution in [0.4, 0.5) is 0 Å². The number of aromatic nitrogens is 1. The van der Waals surface area contributed by atoms with Gasteiger partial charge in [-0.1, -0.05) is 16.8 Å². The molecule has 1 aliphatic heterocycles. The highest BCUT2D eigenvalue weighted by Gasteiger charge is 2.27. The molecule has 30 heavy (non-hydrogen) atoms. The molecule has 1 aromatic heterocycles. The summed E-state index contributed by atoms with van der Waals surface area (Å²) in [5.74, 6) is 1.07. The van der Waals surface area contributed by atoms with Gasteiger partial charge in [0.15, 0.2) is 5.58 Å². The predicted octanol–water partition coefficient (Wildman–Crippen LogP) is 4.64. The zero-order valence-corrected chi connectivity index (χ0v) is 18.0. The van der Waals surface area contributed by atoms with E-state index in [1.807, 2.05) is 24.3 Å². The van der Waals surface area contributed by atoms with E-state index in [0.29, 0.717) is 10.9 Å². The van der Waals surface area contributed by atoms with Gasteiger partial charge in [-0.2, -0.15) is 5.26 Å². The number of fused-ring (bicyclic) bond motifs is 1. The second-order valence-electron chi connectivity index (χ2n) is 8.73.